The van der Waals surface area contributed by atoms with E-state index in [0.29, 0.717) is 28.8 Å². The Morgan fingerprint density at radius 1 is 1.09 bits per heavy atom. The van der Waals surface area contributed by atoms with Gasteiger partial charge in [-0.15, -0.1) is 0 Å². The van der Waals surface area contributed by atoms with E-state index in [1.165, 1.54) is 18.5 Å². The van der Waals surface area contributed by atoms with E-state index in [-0.39, 0.29) is 17.8 Å². The predicted octanol–water partition coefficient (Wildman–Crippen LogP) is 4.63. The number of aryl methyl sites for hydroxylation is 1. The molecule has 0 bridgehead atoms. The summed E-state index contributed by atoms with van der Waals surface area (Å²) in [7, 11) is 1.82. The van der Waals surface area contributed by atoms with Crippen LogP contribution in [0.25, 0.3) is 33.2 Å². The lowest BCUT2D eigenvalue weighted by atomic mass is 9.94. The third-order valence-electron chi connectivity index (χ3n) is 6.33. The van der Waals surface area contributed by atoms with Gasteiger partial charge in [-0.25, -0.2) is 14.4 Å². The van der Waals surface area contributed by atoms with Crippen molar-refractivity contribution in [2.75, 3.05) is 20.1 Å². The van der Waals surface area contributed by atoms with Crippen molar-refractivity contribution in [3.8, 4) is 22.3 Å². The van der Waals surface area contributed by atoms with Gasteiger partial charge in [0.05, 0.1) is 11.1 Å². The van der Waals surface area contributed by atoms with Gasteiger partial charge in [-0.1, -0.05) is 12.1 Å². The summed E-state index contributed by atoms with van der Waals surface area (Å²) in [6.45, 7) is 3.42. The highest BCUT2D eigenvalue weighted by atomic mass is 19.1. The maximum atomic E-state index is 14.3. The Labute approximate surface area is 197 Å². The number of amides is 1. The number of hydrogen-bond acceptors (Lipinski definition) is 5. The Kier molecular flexibility index (Phi) is 6.02. The van der Waals surface area contributed by atoms with Crippen molar-refractivity contribution in [2.24, 2.45) is 0 Å². The Balaban J connectivity index is 1.69. The zero-order chi connectivity index (χ0) is 23.7. The number of halogens is 1. The fourth-order valence-corrected chi connectivity index (χ4v) is 4.68. The molecule has 1 N–H and O–H groups in total. The molecule has 1 aliphatic heterocycles. The molecule has 7 heteroatoms. The van der Waals surface area contributed by atoms with Gasteiger partial charge in [0, 0.05) is 54.7 Å². The highest BCUT2D eigenvalue weighted by molar-refractivity contribution is 6.12. The van der Waals surface area contributed by atoms with Crippen LogP contribution in [0.4, 0.5) is 4.39 Å². The number of hydrogen-bond donors (Lipinski definition) is 1. The molecule has 3 heterocycles. The first kappa shape index (κ1) is 22.1. The summed E-state index contributed by atoms with van der Waals surface area (Å²) in [5.74, 6) is -0.452. The smallest absolute Gasteiger partial charge is 0.255 e. The van der Waals surface area contributed by atoms with E-state index in [0.717, 1.165) is 41.5 Å². The first-order chi connectivity index (χ1) is 16.5. The highest BCUT2D eigenvalue weighted by Gasteiger charge is 2.25. The van der Waals surface area contributed by atoms with Crippen LogP contribution in [0.1, 0.15) is 28.8 Å². The highest BCUT2D eigenvalue weighted by Crippen LogP contribution is 2.33. The van der Waals surface area contributed by atoms with Crippen LogP contribution in [0.15, 0.2) is 61.3 Å². The van der Waals surface area contributed by atoms with Crippen molar-refractivity contribution < 1.29 is 9.18 Å². The minimum Gasteiger partial charge on any atom is -0.340 e. The summed E-state index contributed by atoms with van der Waals surface area (Å²) in [5.41, 5.74) is 4.99. The van der Waals surface area contributed by atoms with E-state index >= 15 is 0 Å². The number of likely N-dealkylation sites (N-methyl/N-ethyl adjacent to an activating group) is 1. The average molecular weight is 456 g/mol. The number of benzene rings is 2. The fourth-order valence-electron chi connectivity index (χ4n) is 4.68. The molecule has 0 aliphatic carbocycles. The van der Waals surface area contributed by atoms with Gasteiger partial charge >= 0.3 is 0 Å². The topological polar surface area (TPSA) is 71.0 Å². The first-order valence-electron chi connectivity index (χ1n) is 11.4. The molecule has 1 saturated heterocycles. The third-order valence-corrected chi connectivity index (χ3v) is 6.33. The second-order valence-electron chi connectivity index (χ2n) is 8.90. The van der Waals surface area contributed by atoms with E-state index < -0.39 is 0 Å². The summed E-state index contributed by atoms with van der Waals surface area (Å²) in [5, 5.41) is 4.17. The van der Waals surface area contributed by atoms with E-state index in [2.05, 4.69) is 20.3 Å². The van der Waals surface area contributed by atoms with Crippen LogP contribution < -0.4 is 5.32 Å². The largest absolute Gasteiger partial charge is 0.340 e. The van der Waals surface area contributed by atoms with Gasteiger partial charge in [0.25, 0.3) is 5.91 Å². The van der Waals surface area contributed by atoms with E-state index in [4.69, 9.17) is 0 Å². The van der Waals surface area contributed by atoms with Crippen molar-refractivity contribution >= 4 is 16.8 Å². The standard InChI is InChI=1S/C27H26FN5O/c1-17-8-19(10-21(28)9-17)24-14-32-25-6-5-18(20-12-29-16-30-13-20)11-23(25)26(24)27(34)33(2)15-22-4-3-7-31-22/h5-6,8-14,16,22,31H,3-4,7,15H2,1-2H3/t22-/m0/s1. The lowest BCUT2D eigenvalue weighted by molar-refractivity contribution is 0.0786. The number of nitrogens with zero attached hydrogens (tertiary/aromatic N) is 4. The molecular weight excluding hydrogens is 429 g/mol. The number of nitrogens with one attached hydrogen (secondary N) is 1. The second-order valence-corrected chi connectivity index (χ2v) is 8.90. The van der Waals surface area contributed by atoms with Gasteiger partial charge in [0.2, 0.25) is 0 Å². The van der Waals surface area contributed by atoms with Crippen LogP contribution in [0.3, 0.4) is 0 Å². The minimum atomic E-state index is -0.341. The van der Waals surface area contributed by atoms with E-state index in [1.807, 2.05) is 38.2 Å². The summed E-state index contributed by atoms with van der Waals surface area (Å²) in [6, 6.07) is 10.9. The molecule has 4 aromatic rings. The van der Waals surface area contributed by atoms with Crippen LogP contribution in [-0.2, 0) is 0 Å². The molecule has 2 aromatic heterocycles. The van der Waals surface area contributed by atoms with Crippen molar-refractivity contribution in [1.29, 1.82) is 0 Å². The molecular formula is C27H26FN5O. The molecule has 0 saturated carbocycles. The molecule has 0 radical (unpaired) electrons. The number of aromatic nitrogens is 3. The third kappa shape index (κ3) is 4.39. The lowest BCUT2D eigenvalue weighted by Gasteiger charge is -2.24. The maximum absolute atomic E-state index is 14.3. The van der Waals surface area contributed by atoms with Gasteiger partial charge in [-0.2, -0.15) is 0 Å². The molecule has 2 aromatic carbocycles. The Hall–Kier alpha value is -3.71. The molecule has 1 fully saturated rings. The molecule has 0 spiro atoms. The summed E-state index contributed by atoms with van der Waals surface area (Å²) >= 11 is 0. The number of pyridine rings is 1. The zero-order valence-electron chi connectivity index (χ0n) is 19.3. The molecule has 5 rings (SSSR count). The van der Waals surface area contributed by atoms with E-state index in [9.17, 15) is 9.18 Å². The SMILES string of the molecule is Cc1cc(F)cc(-c2cnc3ccc(-c4cncnc4)cc3c2C(=O)N(C)C[C@@H]2CCCN2)c1. The molecule has 34 heavy (non-hydrogen) atoms. The van der Waals surface area contributed by atoms with Gasteiger partial charge in [0.15, 0.2) is 0 Å². The fraction of sp³-hybridized carbons (Fsp3) is 0.259. The Morgan fingerprint density at radius 3 is 2.65 bits per heavy atom. The molecule has 0 unspecified atom stereocenters. The van der Waals surface area contributed by atoms with Gasteiger partial charge < -0.3 is 10.2 Å². The molecule has 1 aliphatic rings. The van der Waals surface area contributed by atoms with Crippen molar-refractivity contribution in [3.05, 3.63) is 78.3 Å². The van der Waals surface area contributed by atoms with Crippen LogP contribution >= 0.6 is 0 Å². The molecule has 1 atom stereocenters. The van der Waals surface area contributed by atoms with Crippen LogP contribution in [-0.4, -0.2) is 51.9 Å². The van der Waals surface area contributed by atoms with Gasteiger partial charge in [-0.3, -0.25) is 9.78 Å². The summed E-state index contributed by atoms with van der Waals surface area (Å²) < 4.78 is 14.3. The number of carbonyl (C=O) groups excluding carboxylic acids is 1. The number of fused-ring (bicyclic) bond motifs is 1. The van der Waals surface area contributed by atoms with Crippen molar-refractivity contribution in [3.63, 3.8) is 0 Å². The monoisotopic (exact) mass is 455 g/mol. The Bertz CT molecular complexity index is 1330. The van der Waals surface area contributed by atoms with Crippen LogP contribution in [0.5, 0.6) is 0 Å². The van der Waals surface area contributed by atoms with Gasteiger partial charge in [-0.05, 0) is 67.3 Å². The summed E-state index contributed by atoms with van der Waals surface area (Å²) in [6.07, 6.45) is 8.79. The van der Waals surface area contributed by atoms with Crippen LogP contribution in [0.2, 0.25) is 0 Å². The van der Waals surface area contributed by atoms with Gasteiger partial charge in [0.1, 0.15) is 12.1 Å². The number of carbonyl (C=O) groups is 1. The minimum absolute atomic E-state index is 0.112. The lowest BCUT2D eigenvalue weighted by Crippen LogP contribution is -2.38. The maximum Gasteiger partial charge on any atom is 0.255 e. The summed E-state index contributed by atoms with van der Waals surface area (Å²) in [4.78, 5) is 28.5. The van der Waals surface area contributed by atoms with Crippen molar-refractivity contribution in [1.82, 2.24) is 25.2 Å². The number of rotatable bonds is 5. The normalized spacial score (nSPS) is 15.6. The average Bonchev–Trinajstić information content (AvgIpc) is 3.35. The second kappa shape index (κ2) is 9.27. The van der Waals surface area contributed by atoms with Crippen molar-refractivity contribution in [2.45, 2.75) is 25.8 Å². The zero-order valence-corrected chi connectivity index (χ0v) is 19.3. The molecule has 6 nitrogen and oxygen atoms in total. The van der Waals surface area contributed by atoms with E-state index in [1.54, 1.807) is 23.5 Å². The first-order valence-corrected chi connectivity index (χ1v) is 11.4. The molecule has 172 valence electrons. The van der Waals surface area contributed by atoms with Crippen LogP contribution in [0, 0.1) is 12.7 Å². The quantitative estimate of drug-likeness (QED) is 0.475. The Morgan fingerprint density at radius 2 is 1.91 bits per heavy atom. The predicted molar refractivity (Wildman–Crippen MR) is 131 cm³/mol. The molecule has 1 amide bonds.